The summed E-state index contributed by atoms with van der Waals surface area (Å²) >= 11 is 11.7. The molecule has 0 heterocycles. The topological polar surface area (TPSA) is 49.3 Å². The monoisotopic (exact) mass is 247 g/mol. The van der Waals surface area contributed by atoms with E-state index in [2.05, 4.69) is 5.32 Å². The summed E-state index contributed by atoms with van der Waals surface area (Å²) in [5.74, 6) is -0.854. The maximum Gasteiger partial charge on any atom is 0.305 e. The molecule has 0 aliphatic heterocycles. The van der Waals surface area contributed by atoms with Crippen molar-refractivity contribution in [1.29, 1.82) is 0 Å². The van der Waals surface area contributed by atoms with Crippen LogP contribution < -0.4 is 5.32 Å². The molecule has 0 radical (unpaired) electrons. The first-order valence-electron chi connectivity index (χ1n) is 4.43. The van der Waals surface area contributed by atoms with E-state index in [1.807, 2.05) is 0 Å². The number of halogens is 2. The van der Waals surface area contributed by atoms with E-state index in [9.17, 15) is 4.79 Å². The molecule has 0 saturated carbocycles. The van der Waals surface area contributed by atoms with E-state index < -0.39 is 5.97 Å². The van der Waals surface area contributed by atoms with Crippen LogP contribution in [0.4, 0.5) is 5.69 Å². The number of carbonyl (C=O) groups is 1. The molecular formula is C10H11Cl2NO2. The first-order valence-corrected chi connectivity index (χ1v) is 5.18. The highest BCUT2D eigenvalue weighted by Crippen LogP contribution is 2.30. The Kier molecular flexibility index (Phi) is 4.24. The van der Waals surface area contributed by atoms with Crippen molar-refractivity contribution in [3.63, 3.8) is 0 Å². The average molecular weight is 248 g/mol. The first-order chi connectivity index (χ1) is 7.00. The number of hydrogen-bond donors (Lipinski definition) is 2. The van der Waals surface area contributed by atoms with Crippen molar-refractivity contribution in [1.82, 2.24) is 0 Å². The molecule has 82 valence electrons. The SMILES string of the molecule is CC(CC(=O)O)Nc1cccc(Cl)c1Cl. The van der Waals surface area contributed by atoms with Gasteiger partial charge in [-0.2, -0.15) is 0 Å². The highest BCUT2D eigenvalue weighted by atomic mass is 35.5. The Morgan fingerprint density at radius 1 is 1.53 bits per heavy atom. The molecule has 0 amide bonds. The molecule has 15 heavy (non-hydrogen) atoms. The van der Waals surface area contributed by atoms with Crippen molar-refractivity contribution in [2.45, 2.75) is 19.4 Å². The zero-order valence-corrected chi connectivity index (χ0v) is 9.64. The van der Waals surface area contributed by atoms with Crippen LogP contribution in [0.25, 0.3) is 0 Å². The Morgan fingerprint density at radius 3 is 2.80 bits per heavy atom. The maximum atomic E-state index is 10.5. The number of carboxylic acid groups (broad SMARTS) is 1. The molecule has 0 spiro atoms. The molecule has 0 aromatic heterocycles. The minimum Gasteiger partial charge on any atom is -0.481 e. The van der Waals surface area contributed by atoms with Gasteiger partial charge in [-0.05, 0) is 19.1 Å². The Hall–Kier alpha value is -0.930. The van der Waals surface area contributed by atoms with Gasteiger partial charge in [-0.15, -0.1) is 0 Å². The van der Waals surface area contributed by atoms with Crippen LogP contribution in [0, 0.1) is 0 Å². The third-order valence-corrected chi connectivity index (χ3v) is 2.65. The van der Waals surface area contributed by atoms with Crippen molar-refractivity contribution in [2.24, 2.45) is 0 Å². The molecule has 0 aliphatic rings. The molecule has 1 aromatic rings. The zero-order valence-electron chi connectivity index (χ0n) is 8.13. The van der Waals surface area contributed by atoms with Gasteiger partial charge in [0.15, 0.2) is 0 Å². The zero-order chi connectivity index (χ0) is 11.4. The summed E-state index contributed by atoms with van der Waals surface area (Å²) in [6.07, 6.45) is 0.0306. The van der Waals surface area contributed by atoms with Crippen molar-refractivity contribution < 1.29 is 9.90 Å². The van der Waals surface area contributed by atoms with Gasteiger partial charge < -0.3 is 10.4 Å². The molecule has 1 rings (SSSR count). The molecule has 0 fully saturated rings. The van der Waals surface area contributed by atoms with Gasteiger partial charge in [0.05, 0.1) is 22.2 Å². The number of hydrogen-bond acceptors (Lipinski definition) is 2. The van der Waals surface area contributed by atoms with Crippen LogP contribution in [0.3, 0.4) is 0 Å². The third kappa shape index (κ3) is 3.61. The second-order valence-electron chi connectivity index (χ2n) is 3.24. The Bertz CT molecular complexity index is 368. The maximum absolute atomic E-state index is 10.5. The number of anilines is 1. The smallest absolute Gasteiger partial charge is 0.305 e. The Morgan fingerprint density at radius 2 is 2.20 bits per heavy atom. The fourth-order valence-electron chi connectivity index (χ4n) is 1.19. The fraction of sp³-hybridized carbons (Fsp3) is 0.300. The van der Waals surface area contributed by atoms with E-state index in [4.69, 9.17) is 28.3 Å². The van der Waals surface area contributed by atoms with Gasteiger partial charge in [-0.1, -0.05) is 29.3 Å². The van der Waals surface area contributed by atoms with E-state index in [1.165, 1.54) is 0 Å². The standard InChI is InChI=1S/C10H11Cl2NO2/c1-6(5-9(14)15)13-8-4-2-3-7(11)10(8)12/h2-4,6,13H,5H2,1H3,(H,14,15). The molecule has 0 saturated heterocycles. The highest BCUT2D eigenvalue weighted by Gasteiger charge is 2.10. The summed E-state index contributed by atoms with van der Waals surface area (Å²) in [7, 11) is 0. The van der Waals surface area contributed by atoms with Crippen LogP contribution in [0.1, 0.15) is 13.3 Å². The van der Waals surface area contributed by atoms with E-state index in [0.29, 0.717) is 15.7 Å². The predicted molar refractivity (Wildman–Crippen MR) is 61.8 cm³/mol. The van der Waals surface area contributed by atoms with Crippen LogP contribution in [-0.4, -0.2) is 17.1 Å². The van der Waals surface area contributed by atoms with Gasteiger partial charge in [0.2, 0.25) is 0 Å². The molecule has 5 heteroatoms. The summed E-state index contributed by atoms with van der Waals surface area (Å²) in [4.78, 5) is 10.5. The van der Waals surface area contributed by atoms with E-state index in [1.54, 1.807) is 25.1 Å². The first kappa shape index (κ1) is 12.1. The summed E-state index contributed by atoms with van der Waals surface area (Å²) < 4.78 is 0. The number of benzene rings is 1. The van der Waals surface area contributed by atoms with E-state index in [0.717, 1.165) is 0 Å². The van der Waals surface area contributed by atoms with Crippen molar-refractivity contribution in [3.05, 3.63) is 28.2 Å². The fourth-order valence-corrected chi connectivity index (χ4v) is 1.55. The summed E-state index contributed by atoms with van der Waals surface area (Å²) in [6, 6.07) is 4.99. The van der Waals surface area contributed by atoms with Crippen LogP contribution in [0.5, 0.6) is 0 Å². The minimum absolute atomic E-state index is 0.0306. The normalized spacial score (nSPS) is 12.2. The van der Waals surface area contributed by atoms with Crippen LogP contribution in [0.2, 0.25) is 10.0 Å². The Labute approximate surface area is 98.0 Å². The number of aliphatic carboxylic acids is 1. The summed E-state index contributed by atoms with van der Waals surface area (Å²) in [6.45, 7) is 1.77. The van der Waals surface area contributed by atoms with E-state index in [-0.39, 0.29) is 12.5 Å². The van der Waals surface area contributed by atoms with Crippen molar-refractivity contribution >= 4 is 34.9 Å². The lowest BCUT2D eigenvalue weighted by molar-refractivity contribution is -0.137. The van der Waals surface area contributed by atoms with E-state index >= 15 is 0 Å². The van der Waals surface area contributed by atoms with Gasteiger partial charge in [-0.25, -0.2) is 0 Å². The minimum atomic E-state index is -0.854. The number of nitrogens with one attached hydrogen (secondary N) is 1. The number of rotatable bonds is 4. The van der Waals surface area contributed by atoms with Crippen molar-refractivity contribution in [2.75, 3.05) is 5.32 Å². The average Bonchev–Trinajstić information content (AvgIpc) is 2.11. The van der Waals surface area contributed by atoms with Gasteiger partial charge in [0.1, 0.15) is 0 Å². The molecule has 0 aliphatic carbocycles. The lowest BCUT2D eigenvalue weighted by atomic mass is 10.2. The van der Waals surface area contributed by atoms with Crippen LogP contribution >= 0.6 is 23.2 Å². The van der Waals surface area contributed by atoms with Crippen LogP contribution in [-0.2, 0) is 4.79 Å². The molecule has 2 N–H and O–H groups in total. The van der Waals surface area contributed by atoms with Gasteiger partial charge in [0, 0.05) is 6.04 Å². The second-order valence-corrected chi connectivity index (χ2v) is 4.03. The lowest BCUT2D eigenvalue weighted by Gasteiger charge is -2.14. The van der Waals surface area contributed by atoms with Crippen molar-refractivity contribution in [3.8, 4) is 0 Å². The molecule has 3 nitrogen and oxygen atoms in total. The molecule has 1 aromatic carbocycles. The van der Waals surface area contributed by atoms with Gasteiger partial charge in [0.25, 0.3) is 0 Å². The van der Waals surface area contributed by atoms with Crippen LogP contribution in [0.15, 0.2) is 18.2 Å². The molecule has 0 bridgehead atoms. The van der Waals surface area contributed by atoms with Gasteiger partial charge in [-0.3, -0.25) is 4.79 Å². The summed E-state index contributed by atoms with van der Waals surface area (Å²) in [5.41, 5.74) is 0.651. The largest absolute Gasteiger partial charge is 0.481 e. The second kappa shape index (κ2) is 5.24. The van der Waals surface area contributed by atoms with Gasteiger partial charge >= 0.3 is 5.97 Å². The Balaban J connectivity index is 2.72. The lowest BCUT2D eigenvalue weighted by Crippen LogP contribution is -2.19. The third-order valence-electron chi connectivity index (χ3n) is 1.83. The molecule has 1 atom stereocenters. The number of carboxylic acids is 1. The summed E-state index contributed by atoms with van der Waals surface area (Å²) in [5, 5.41) is 12.4. The quantitative estimate of drug-likeness (QED) is 0.859. The molecular weight excluding hydrogens is 237 g/mol. The predicted octanol–water partition coefficient (Wildman–Crippen LogP) is 3.27. The molecule has 1 unspecified atom stereocenters. The highest BCUT2D eigenvalue weighted by molar-refractivity contribution is 6.43.